The zero-order valence-electron chi connectivity index (χ0n) is 10.3. The van der Waals surface area contributed by atoms with Gasteiger partial charge in [-0.05, 0) is 18.8 Å². The topological polar surface area (TPSA) is 50.8 Å². The van der Waals surface area contributed by atoms with E-state index in [0.29, 0.717) is 26.4 Å². The molecule has 2 aliphatic rings. The lowest BCUT2D eigenvalue weighted by atomic mass is 10.4. The van der Waals surface area contributed by atoms with Crippen LogP contribution in [0.2, 0.25) is 0 Å². The maximum absolute atomic E-state index is 11.7. The van der Waals surface area contributed by atoms with Crippen molar-refractivity contribution >= 4 is 5.91 Å². The molecule has 0 aromatic rings. The summed E-state index contributed by atoms with van der Waals surface area (Å²) in [6.07, 6.45) is 2.64. The summed E-state index contributed by atoms with van der Waals surface area (Å²) < 4.78 is 10.7. The van der Waals surface area contributed by atoms with Crippen LogP contribution < -0.4 is 5.32 Å². The van der Waals surface area contributed by atoms with Gasteiger partial charge in [0.1, 0.15) is 0 Å². The smallest absolute Gasteiger partial charge is 0.236 e. The van der Waals surface area contributed by atoms with Crippen LogP contribution in [0.4, 0.5) is 0 Å². The van der Waals surface area contributed by atoms with E-state index in [1.165, 1.54) is 12.8 Å². The Bertz CT molecular complexity index is 238. The summed E-state index contributed by atoms with van der Waals surface area (Å²) >= 11 is 0. The molecule has 17 heavy (non-hydrogen) atoms. The lowest BCUT2D eigenvalue weighted by Gasteiger charge is -2.26. The van der Waals surface area contributed by atoms with E-state index in [1.807, 2.05) is 4.90 Å². The van der Waals surface area contributed by atoms with Crippen molar-refractivity contribution in [2.75, 3.05) is 52.6 Å². The van der Waals surface area contributed by atoms with Crippen molar-refractivity contribution in [1.29, 1.82) is 0 Å². The molecular weight excluding hydrogens is 220 g/mol. The summed E-state index contributed by atoms with van der Waals surface area (Å²) in [7, 11) is 0. The first kappa shape index (κ1) is 12.8. The first-order chi connectivity index (χ1) is 8.36. The van der Waals surface area contributed by atoms with E-state index >= 15 is 0 Å². The molecule has 1 saturated carbocycles. The quantitative estimate of drug-likeness (QED) is 0.631. The molecule has 0 aromatic heterocycles. The van der Waals surface area contributed by atoms with Gasteiger partial charge in [-0.15, -0.1) is 0 Å². The van der Waals surface area contributed by atoms with Gasteiger partial charge in [0.15, 0.2) is 0 Å². The Morgan fingerprint density at radius 3 is 2.82 bits per heavy atom. The summed E-state index contributed by atoms with van der Waals surface area (Å²) in [5.74, 6) is 0.973. The zero-order valence-corrected chi connectivity index (χ0v) is 10.3. The van der Waals surface area contributed by atoms with E-state index in [0.717, 1.165) is 32.2 Å². The Labute approximate surface area is 102 Å². The fraction of sp³-hybridized carbons (Fsp3) is 0.917. The molecule has 0 aromatic carbocycles. The highest BCUT2D eigenvalue weighted by atomic mass is 16.5. The Kier molecular flexibility index (Phi) is 5.22. The molecule has 0 atom stereocenters. The third-order valence-electron chi connectivity index (χ3n) is 3.11. The number of carbonyl (C=O) groups excluding carboxylic acids is 1. The number of morpholine rings is 1. The second-order valence-electron chi connectivity index (χ2n) is 4.69. The number of hydrogen-bond donors (Lipinski definition) is 1. The molecule has 1 aliphatic carbocycles. The van der Waals surface area contributed by atoms with Crippen LogP contribution in [0.15, 0.2) is 0 Å². The molecule has 98 valence electrons. The number of nitrogens with one attached hydrogen (secondary N) is 1. The molecule has 5 nitrogen and oxygen atoms in total. The van der Waals surface area contributed by atoms with Crippen molar-refractivity contribution < 1.29 is 14.3 Å². The first-order valence-corrected chi connectivity index (χ1v) is 6.50. The predicted molar refractivity (Wildman–Crippen MR) is 63.8 cm³/mol. The third-order valence-corrected chi connectivity index (χ3v) is 3.11. The monoisotopic (exact) mass is 242 g/mol. The van der Waals surface area contributed by atoms with E-state index < -0.39 is 0 Å². The van der Waals surface area contributed by atoms with Gasteiger partial charge < -0.3 is 19.7 Å². The van der Waals surface area contributed by atoms with Crippen LogP contribution in [0.3, 0.4) is 0 Å². The van der Waals surface area contributed by atoms with E-state index in [1.54, 1.807) is 0 Å². The normalized spacial score (nSPS) is 20.6. The average molecular weight is 242 g/mol. The third kappa shape index (κ3) is 5.02. The van der Waals surface area contributed by atoms with Crippen molar-refractivity contribution in [1.82, 2.24) is 10.2 Å². The summed E-state index contributed by atoms with van der Waals surface area (Å²) in [6.45, 7) is 5.52. The second kappa shape index (κ2) is 6.93. The number of rotatable bonds is 7. The lowest BCUT2D eigenvalue weighted by Crippen LogP contribution is -2.45. The van der Waals surface area contributed by atoms with Crippen molar-refractivity contribution in [3.8, 4) is 0 Å². The maximum Gasteiger partial charge on any atom is 0.236 e. The molecule has 1 amide bonds. The van der Waals surface area contributed by atoms with Crippen molar-refractivity contribution in [3.63, 3.8) is 0 Å². The van der Waals surface area contributed by atoms with Crippen LogP contribution in [0.1, 0.15) is 12.8 Å². The fourth-order valence-electron chi connectivity index (χ4n) is 1.80. The number of carbonyl (C=O) groups is 1. The van der Waals surface area contributed by atoms with Gasteiger partial charge >= 0.3 is 0 Å². The van der Waals surface area contributed by atoms with Crippen LogP contribution in [-0.2, 0) is 14.3 Å². The minimum absolute atomic E-state index is 0.162. The van der Waals surface area contributed by atoms with Gasteiger partial charge in [0.05, 0.1) is 26.4 Å². The van der Waals surface area contributed by atoms with Gasteiger partial charge in [-0.1, -0.05) is 0 Å². The minimum atomic E-state index is 0.162. The number of ether oxygens (including phenoxy) is 2. The Morgan fingerprint density at radius 1 is 1.35 bits per heavy atom. The standard InChI is InChI=1S/C12H22N2O3/c15-12(14-4-7-16-8-5-14)9-13-3-6-17-10-11-1-2-11/h11,13H,1-10H2. The first-order valence-electron chi connectivity index (χ1n) is 6.50. The zero-order chi connectivity index (χ0) is 11.9. The van der Waals surface area contributed by atoms with Crippen LogP contribution >= 0.6 is 0 Å². The highest BCUT2D eigenvalue weighted by Crippen LogP contribution is 2.28. The van der Waals surface area contributed by atoms with Gasteiger partial charge in [0.25, 0.3) is 0 Å². The maximum atomic E-state index is 11.7. The van der Waals surface area contributed by atoms with Crippen LogP contribution in [-0.4, -0.2) is 63.4 Å². The molecule has 1 heterocycles. The molecule has 1 aliphatic heterocycles. The summed E-state index contributed by atoms with van der Waals surface area (Å²) in [6, 6.07) is 0. The van der Waals surface area contributed by atoms with E-state index in [2.05, 4.69) is 5.32 Å². The number of hydrogen-bond acceptors (Lipinski definition) is 4. The Balaban J connectivity index is 1.44. The number of nitrogens with zero attached hydrogens (tertiary/aromatic N) is 1. The van der Waals surface area contributed by atoms with Crippen LogP contribution in [0.25, 0.3) is 0 Å². The fourth-order valence-corrected chi connectivity index (χ4v) is 1.80. The van der Waals surface area contributed by atoms with E-state index in [4.69, 9.17) is 9.47 Å². The molecule has 2 fully saturated rings. The van der Waals surface area contributed by atoms with Crippen molar-refractivity contribution in [2.24, 2.45) is 5.92 Å². The molecule has 0 spiro atoms. The van der Waals surface area contributed by atoms with Crippen LogP contribution in [0, 0.1) is 5.92 Å². The minimum Gasteiger partial charge on any atom is -0.380 e. The summed E-state index contributed by atoms with van der Waals surface area (Å²) in [5.41, 5.74) is 0. The molecular formula is C12H22N2O3. The SMILES string of the molecule is O=C(CNCCOCC1CC1)N1CCOCC1. The second-order valence-corrected chi connectivity index (χ2v) is 4.69. The lowest BCUT2D eigenvalue weighted by molar-refractivity contribution is -0.134. The van der Waals surface area contributed by atoms with Gasteiger partial charge in [-0.2, -0.15) is 0 Å². The number of amides is 1. The summed E-state index contributed by atoms with van der Waals surface area (Å²) in [5, 5.41) is 3.12. The Morgan fingerprint density at radius 2 is 2.12 bits per heavy atom. The van der Waals surface area contributed by atoms with Gasteiger partial charge in [-0.25, -0.2) is 0 Å². The van der Waals surface area contributed by atoms with E-state index in [9.17, 15) is 4.79 Å². The molecule has 1 N–H and O–H groups in total. The highest BCUT2D eigenvalue weighted by molar-refractivity contribution is 5.78. The van der Waals surface area contributed by atoms with Crippen molar-refractivity contribution in [2.45, 2.75) is 12.8 Å². The van der Waals surface area contributed by atoms with Gasteiger partial charge in [0.2, 0.25) is 5.91 Å². The van der Waals surface area contributed by atoms with Crippen molar-refractivity contribution in [3.05, 3.63) is 0 Å². The van der Waals surface area contributed by atoms with Gasteiger partial charge in [-0.3, -0.25) is 4.79 Å². The average Bonchev–Trinajstić information content (AvgIpc) is 3.18. The highest BCUT2D eigenvalue weighted by Gasteiger charge is 2.21. The van der Waals surface area contributed by atoms with E-state index in [-0.39, 0.29) is 5.91 Å². The molecule has 0 radical (unpaired) electrons. The summed E-state index contributed by atoms with van der Waals surface area (Å²) in [4.78, 5) is 13.6. The molecule has 2 rings (SSSR count). The molecule has 0 unspecified atom stereocenters. The predicted octanol–water partition coefficient (Wildman–Crippen LogP) is -0.139. The van der Waals surface area contributed by atoms with Crippen LogP contribution in [0.5, 0.6) is 0 Å². The molecule has 5 heteroatoms. The Hall–Kier alpha value is -0.650. The van der Waals surface area contributed by atoms with Gasteiger partial charge in [0, 0.05) is 26.2 Å². The molecule has 0 bridgehead atoms. The molecule has 1 saturated heterocycles. The largest absolute Gasteiger partial charge is 0.380 e.